The summed E-state index contributed by atoms with van der Waals surface area (Å²) in [4.78, 5) is 20.2. The van der Waals surface area contributed by atoms with Crippen LogP contribution in [-0.2, 0) is 11.2 Å². The van der Waals surface area contributed by atoms with Crippen molar-refractivity contribution >= 4 is 23.2 Å². The number of fused-ring (bicyclic) bond motifs is 1. The van der Waals surface area contributed by atoms with E-state index in [0.717, 1.165) is 33.8 Å². The van der Waals surface area contributed by atoms with Crippen LogP contribution in [0.4, 0.5) is 17.3 Å². The van der Waals surface area contributed by atoms with E-state index in [-0.39, 0.29) is 5.91 Å². The molecule has 0 saturated carbocycles. The van der Waals surface area contributed by atoms with Crippen molar-refractivity contribution in [3.63, 3.8) is 0 Å². The Morgan fingerprint density at radius 3 is 2.68 bits per heavy atom. The molecule has 1 aliphatic heterocycles. The SMILES string of the molecule is COc1ccccc1Nc1ncc(-c2ccc3c(c2)NC(=O)C3)cn1. The zero-order valence-electron chi connectivity index (χ0n) is 13.6. The third kappa shape index (κ3) is 3.01. The predicted molar refractivity (Wildman–Crippen MR) is 96.1 cm³/mol. The van der Waals surface area contributed by atoms with E-state index in [1.54, 1.807) is 19.5 Å². The van der Waals surface area contributed by atoms with E-state index in [4.69, 9.17) is 4.74 Å². The van der Waals surface area contributed by atoms with Gasteiger partial charge >= 0.3 is 0 Å². The third-order valence-electron chi connectivity index (χ3n) is 4.07. The number of benzene rings is 2. The van der Waals surface area contributed by atoms with Crippen LogP contribution in [0.5, 0.6) is 5.75 Å². The van der Waals surface area contributed by atoms with Gasteiger partial charge in [-0.05, 0) is 29.3 Å². The van der Waals surface area contributed by atoms with E-state index < -0.39 is 0 Å². The fraction of sp³-hybridized carbons (Fsp3) is 0.105. The van der Waals surface area contributed by atoms with Gasteiger partial charge in [-0.25, -0.2) is 9.97 Å². The highest BCUT2D eigenvalue weighted by atomic mass is 16.5. The molecule has 0 bridgehead atoms. The molecule has 2 N–H and O–H groups in total. The lowest BCUT2D eigenvalue weighted by Gasteiger charge is -2.10. The van der Waals surface area contributed by atoms with Crippen molar-refractivity contribution in [3.05, 3.63) is 60.4 Å². The lowest BCUT2D eigenvalue weighted by molar-refractivity contribution is -0.115. The number of hydrogen-bond donors (Lipinski definition) is 2. The Labute approximate surface area is 144 Å². The number of carbonyl (C=O) groups is 1. The Morgan fingerprint density at radius 1 is 1.08 bits per heavy atom. The van der Waals surface area contributed by atoms with Crippen molar-refractivity contribution in [2.45, 2.75) is 6.42 Å². The molecule has 0 unspecified atom stereocenters. The third-order valence-corrected chi connectivity index (χ3v) is 4.07. The van der Waals surface area contributed by atoms with Gasteiger partial charge in [-0.2, -0.15) is 0 Å². The summed E-state index contributed by atoms with van der Waals surface area (Å²) in [5.74, 6) is 1.24. The molecule has 0 radical (unpaired) electrons. The topological polar surface area (TPSA) is 76.1 Å². The maximum absolute atomic E-state index is 11.5. The largest absolute Gasteiger partial charge is 0.495 e. The second-order valence-electron chi connectivity index (χ2n) is 5.72. The molecule has 0 spiro atoms. The van der Waals surface area contributed by atoms with Crippen LogP contribution in [0.15, 0.2) is 54.9 Å². The molecule has 0 saturated heterocycles. The van der Waals surface area contributed by atoms with Gasteiger partial charge in [0.2, 0.25) is 11.9 Å². The number of aromatic nitrogens is 2. The molecule has 124 valence electrons. The van der Waals surface area contributed by atoms with Gasteiger partial charge in [0.15, 0.2) is 0 Å². The Balaban J connectivity index is 1.56. The van der Waals surface area contributed by atoms with Crippen LogP contribution in [0.3, 0.4) is 0 Å². The maximum atomic E-state index is 11.5. The second kappa shape index (κ2) is 6.24. The summed E-state index contributed by atoms with van der Waals surface area (Å²) in [6.07, 6.45) is 3.94. The smallest absolute Gasteiger partial charge is 0.228 e. The quantitative estimate of drug-likeness (QED) is 0.766. The average molecular weight is 332 g/mol. The van der Waals surface area contributed by atoms with Gasteiger partial charge in [-0.15, -0.1) is 0 Å². The Hall–Kier alpha value is -3.41. The summed E-state index contributed by atoms with van der Waals surface area (Å²) >= 11 is 0. The van der Waals surface area contributed by atoms with Crippen molar-refractivity contribution in [2.75, 3.05) is 17.7 Å². The van der Waals surface area contributed by atoms with Crippen molar-refractivity contribution in [2.24, 2.45) is 0 Å². The number of carbonyl (C=O) groups excluding carboxylic acids is 1. The van der Waals surface area contributed by atoms with Gasteiger partial charge in [0.1, 0.15) is 5.75 Å². The maximum Gasteiger partial charge on any atom is 0.228 e. The molecule has 2 aromatic carbocycles. The van der Waals surface area contributed by atoms with E-state index in [1.807, 2.05) is 42.5 Å². The first kappa shape index (κ1) is 15.1. The number of nitrogens with one attached hydrogen (secondary N) is 2. The summed E-state index contributed by atoms with van der Waals surface area (Å²) in [5, 5.41) is 6.00. The Kier molecular flexibility index (Phi) is 3.78. The highest BCUT2D eigenvalue weighted by molar-refractivity contribution is 5.99. The van der Waals surface area contributed by atoms with Gasteiger partial charge in [0.25, 0.3) is 0 Å². The lowest BCUT2D eigenvalue weighted by atomic mass is 10.1. The number of amides is 1. The van der Waals surface area contributed by atoms with Gasteiger partial charge < -0.3 is 15.4 Å². The number of ether oxygens (including phenoxy) is 1. The van der Waals surface area contributed by atoms with E-state index in [0.29, 0.717) is 12.4 Å². The molecule has 6 heteroatoms. The van der Waals surface area contributed by atoms with Crippen LogP contribution in [0.25, 0.3) is 11.1 Å². The molecule has 25 heavy (non-hydrogen) atoms. The number of nitrogens with zero attached hydrogens (tertiary/aromatic N) is 2. The average Bonchev–Trinajstić information content (AvgIpc) is 3.02. The van der Waals surface area contributed by atoms with E-state index in [1.165, 1.54) is 0 Å². The summed E-state index contributed by atoms with van der Waals surface area (Å²) in [7, 11) is 1.62. The minimum Gasteiger partial charge on any atom is -0.495 e. The Morgan fingerprint density at radius 2 is 1.88 bits per heavy atom. The molecule has 0 fully saturated rings. The number of anilines is 3. The fourth-order valence-corrected chi connectivity index (χ4v) is 2.80. The summed E-state index contributed by atoms with van der Waals surface area (Å²) in [6.45, 7) is 0. The zero-order valence-corrected chi connectivity index (χ0v) is 13.6. The van der Waals surface area contributed by atoms with Crippen LogP contribution in [0.2, 0.25) is 0 Å². The summed E-state index contributed by atoms with van der Waals surface area (Å²) in [5.41, 5.74) is 4.53. The first-order valence-corrected chi connectivity index (χ1v) is 7.88. The van der Waals surface area contributed by atoms with Gasteiger partial charge in [0.05, 0.1) is 19.2 Å². The molecule has 1 aromatic heterocycles. The van der Waals surface area contributed by atoms with Crippen LogP contribution < -0.4 is 15.4 Å². The molecule has 3 aromatic rings. The molecule has 1 aliphatic rings. The van der Waals surface area contributed by atoms with Crippen molar-refractivity contribution in [1.82, 2.24) is 9.97 Å². The van der Waals surface area contributed by atoms with Crippen LogP contribution in [-0.4, -0.2) is 23.0 Å². The molecule has 0 aliphatic carbocycles. The molecule has 1 amide bonds. The summed E-state index contributed by atoms with van der Waals surface area (Å²) < 4.78 is 5.31. The number of rotatable bonds is 4. The predicted octanol–water partition coefficient (Wildman–Crippen LogP) is 3.39. The van der Waals surface area contributed by atoms with Crippen LogP contribution in [0.1, 0.15) is 5.56 Å². The highest BCUT2D eigenvalue weighted by Crippen LogP contribution is 2.30. The van der Waals surface area contributed by atoms with Crippen molar-refractivity contribution < 1.29 is 9.53 Å². The number of hydrogen-bond acceptors (Lipinski definition) is 5. The number of methoxy groups -OCH3 is 1. The van der Waals surface area contributed by atoms with Gasteiger partial charge in [-0.1, -0.05) is 24.3 Å². The van der Waals surface area contributed by atoms with Crippen LogP contribution in [0, 0.1) is 0 Å². The molecule has 6 nitrogen and oxygen atoms in total. The molecular formula is C19H16N4O2. The van der Waals surface area contributed by atoms with Gasteiger partial charge in [0, 0.05) is 23.6 Å². The van der Waals surface area contributed by atoms with Gasteiger partial charge in [-0.3, -0.25) is 4.79 Å². The van der Waals surface area contributed by atoms with E-state index >= 15 is 0 Å². The van der Waals surface area contributed by atoms with E-state index in [9.17, 15) is 4.79 Å². The normalized spacial score (nSPS) is 12.4. The first-order chi connectivity index (χ1) is 12.2. The standard InChI is InChI=1S/C19H16N4O2/c1-25-17-5-3-2-4-15(17)23-19-20-10-14(11-21-19)12-6-7-13-9-18(24)22-16(13)8-12/h2-8,10-11H,9H2,1H3,(H,22,24)(H,20,21,23). The zero-order chi connectivity index (χ0) is 17.2. The monoisotopic (exact) mass is 332 g/mol. The summed E-state index contributed by atoms with van der Waals surface area (Å²) in [6, 6.07) is 13.5. The fourth-order valence-electron chi connectivity index (χ4n) is 2.80. The molecule has 0 atom stereocenters. The highest BCUT2D eigenvalue weighted by Gasteiger charge is 2.17. The minimum absolute atomic E-state index is 0.0276. The van der Waals surface area contributed by atoms with Crippen molar-refractivity contribution in [1.29, 1.82) is 0 Å². The van der Waals surface area contributed by atoms with Crippen molar-refractivity contribution in [3.8, 4) is 16.9 Å². The molecule has 2 heterocycles. The van der Waals surface area contributed by atoms with Crippen LogP contribution >= 0.6 is 0 Å². The first-order valence-electron chi connectivity index (χ1n) is 7.88. The second-order valence-corrected chi connectivity index (χ2v) is 5.72. The molecule has 4 rings (SSSR count). The number of para-hydroxylation sites is 2. The lowest BCUT2D eigenvalue weighted by Crippen LogP contribution is -2.03. The minimum atomic E-state index is 0.0276. The van der Waals surface area contributed by atoms with E-state index in [2.05, 4.69) is 20.6 Å². The molecular weight excluding hydrogens is 316 g/mol. The Bertz CT molecular complexity index is 938.